The Morgan fingerprint density at radius 3 is 2.59 bits per heavy atom. The Labute approximate surface area is 239 Å². The fourth-order valence-corrected chi connectivity index (χ4v) is 5.88. The number of H-pyrrole nitrogens is 1. The lowest BCUT2D eigenvalue weighted by atomic mass is 9.99. The number of aromatic nitrogens is 2. The van der Waals surface area contributed by atoms with Gasteiger partial charge in [0.25, 0.3) is 0 Å². The number of aliphatic imine (C=N–C) groups is 1. The maximum absolute atomic E-state index is 13.5. The van der Waals surface area contributed by atoms with Crippen LogP contribution in [0.3, 0.4) is 0 Å². The maximum Gasteiger partial charge on any atom is 0.225 e. The highest BCUT2D eigenvalue weighted by Crippen LogP contribution is 2.41. The highest BCUT2D eigenvalue weighted by atomic mass is 16.5. The second-order valence-electron chi connectivity index (χ2n) is 11.0. The molecule has 4 aromatic rings. The second-order valence-corrected chi connectivity index (χ2v) is 11.0. The highest BCUT2D eigenvalue weighted by Gasteiger charge is 2.29. The van der Waals surface area contributed by atoms with Crippen molar-refractivity contribution in [1.82, 2.24) is 25.3 Å². The van der Waals surface area contributed by atoms with Crippen molar-refractivity contribution in [3.05, 3.63) is 65.0 Å². The number of nitrogens with zero attached hydrogens (tertiary/aromatic N) is 4. The van der Waals surface area contributed by atoms with Gasteiger partial charge in [0.1, 0.15) is 29.3 Å². The van der Waals surface area contributed by atoms with E-state index in [2.05, 4.69) is 50.9 Å². The fraction of sp³-hybridized carbons (Fsp3) is 0.387. The summed E-state index contributed by atoms with van der Waals surface area (Å²) in [5, 5.41) is 12.3. The Morgan fingerprint density at radius 1 is 1.15 bits per heavy atom. The van der Waals surface area contributed by atoms with Gasteiger partial charge >= 0.3 is 0 Å². The predicted octanol–water partition coefficient (Wildman–Crippen LogP) is 4.46. The molecule has 2 aromatic carbocycles. The van der Waals surface area contributed by atoms with E-state index in [1.54, 1.807) is 7.11 Å². The van der Waals surface area contributed by atoms with Crippen molar-refractivity contribution in [2.24, 2.45) is 4.99 Å². The Kier molecular flexibility index (Phi) is 7.17. The number of amidine groups is 1. The first-order valence-electron chi connectivity index (χ1n) is 14.1. The number of benzene rings is 2. The molecule has 0 aliphatic carbocycles. The van der Waals surface area contributed by atoms with Crippen molar-refractivity contribution in [2.75, 3.05) is 45.7 Å². The third-order valence-electron chi connectivity index (χ3n) is 8.08. The normalized spacial score (nSPS) is 18.0. The van der Waals surface area contributed by atoms with Crippen LogP contribution < -0.4 is 15.4 Å². The third kappa shape index (κ3) is 5.15. The minimum Gasteiger partial charge on any atom is -0.496 e. The number of amides is 1. The van der Waals surface area contributed by atoms with Crippen LogP contribution in [0.1, 0.15) is 42.0 Å². The van der Waals surface area contributed by atoms with Crippen molar-refractivity contribution >= 4 is 28.5 Å². The van der Waals surface area contributed by atoms with E-state index in [-0.39, 0.29) is 18.1 Å². The molecule has 10 heteroatoms. The molecule has 4 heterocycles. The van der Waals surface area contributed by atoms with Crippen LogP contribution in [0.15, 0.2) is 52.0 Å². The zero-order valence-electron chi connectivity index (χ0n) is 24.2. The molecule has 214 valence electrons. The van der Waals surface area contributed by atoms with Gasteiger partial charge in [-0.05, 0) is 45.5 Å². The number of likely N-dealkylation sites (N-methyl/N-ethyl adjacent to an activating group) is 1. The molecule has 0 bridgehead atoms. The fourth-order valence-electron chi connectivity index (χ4n) is 5.88. The van der Waals surface area contributed by atoms with Gasteiger partial charge in [-0.15, -0.1) is 0 Å². The predicted molar refractivity (Wildman–Crippen MR) is 160 cm³/mol. The van der Waals surface area contributed by atoms with Crippen LogP contribution in [0.25, 0.3) is 22.0 Å². The number of methoxy groups -OCH3 is 1. The van der Waals surface area contributed by atoms with Crippen LogP contribution in [0.5, 0.6) is 5.75 Å². The second kappa shape index (κ2) is 10.9. The number of hydrogen-bond acceptors (Lipinski definition) is 8. The smallest absolute Gasteiger partial charge is 0.225 e. The summed E-state index contributed by atoms with van der Waals surface area (Å²) in [7, 11) is 3.77. The monoisotopic (exact) mass is 555 g/mol. The van der Waals surface area contributed by atoms with E-state index in [4.69, 9.17) is 14.3 Å². The summed E-state index contributed by atoms with van der Waals surface area (Å²) in [6.45, 7) is 9.13. The minimum absolute atomic E-state index is 0.145. The number of hydrogen-bond donors (Lipinski definition) is 3. The number of piperazine rings is 1. The van der Waals surface area contributed by atoms with Crippen molar-refractivity contribution in [3.63, 3.8) is 0 Å². The summed E-state index contributed by atoms with van der Waals surface area (Å²) in [5.74, 6) is 3.22. The number of rotatable bonds is 6. The molecule has 10 nitrogen and oxygen atoms in total. The van der Waals surface area contributed by atoms with Crippen LogP contribution in [-0.4, -0.2) is 78.2 Å². The number of aryl methyl sites for hydroxylation is 2. The van der Waals surface area contributed by atoms with E-state index in [9.17, 15) is 4.79 Å². The van der Waals surface area contributed by atoms with Gasteiger partial charge in [0.05, 0.1) is 36.4 Å². The summed E-state index contributed by atoms with van der Waals surface area (Å²) < 4.78 is 11.3. The van der Waals surface area contributed by atoms with E-state index in [0.29, 0.717) is 6.42 Å². The molecule has 2 aliphatic rings. The first-order valence-corrected chi connectivity index (χ1v) is 14.1. The number of carbonyl (C=O) groups excluding carboxylic acids is 1. The lowest BCUT2D eigenvalue weighted by Crippen LogP contribution is -2.48. The van der Waals surface area contributed by atoms with Gasteiger partial charge in [-0.3, -0.25) is 4.79 Å². The van der Waals surface area contributed by atoms with E-state index < -0.39 is 0 Å². The van der Waals surface area contributed by atoms with Crippen LogP contribution in [-0.2, 0) is 4.79 Å². The molecule has 1 amide bonds. The zero-order valence-corrected chi connectivity index (χ0v) is 24.2. The van der Waals surface area contributed by atoms with Crippen LogP contribution >= 0.6 is 0 Å². The lowest BCUT2D eigenvalue weighted by Gasteiger charge is -2.34. The topological polar surface area (TPSA) is 111 Å². The Balaban J connectivity index is 1.38. The van der Waals surface area contributed by atoms with Gasteiger partial charge in [-0.1, -0.05) is 35.5 Å². The summed E-state index contributed by atoms with van der Waals surface area (Å²) in [6, 6.07) is 14.0. The zero-order chi connectivity index (χ0) is 28.7. The molecule has 0 spiro atoms. The molecule has 1 fully saturated rings. The quantitative estimate of drug-likeness (QED) is 0.322. The van der Waals surface area contributed by atoms with E-state index in [1.165, 1.54) is 0 Å². The number of fused-ring (bicyclic) bond motifs is 3. The van der Waals surface area contributed by atoms with Gasteiger partial charge in [0.15, 0.2) is 0 Å². The average Bonchev–Trinajstić information content (AvgIpc) is 3.50. The van der Waals surface area contributed by atoms with Crippen LogP contribution in [0.2, 0.25) is 0 Å². The number of carbonyl (C=O) groups is 1. The first kappa shape index (κ1) is 26.9. The van der Waals surface area contributed by atoms with Crippen molar-refractivity contribution < 1.29 is 14.1 Å². The van der Waals surface area contributed by atoms with Gasteiger partial charge in [0.2, 0.25) is 5.91 Å². The summed E-state index contributed by atoms with van der Waals surface area (Å²) in [5.41, 5.74) is 5.55. The molecule has 0 radical (unpaired) electrons. The summed E-state index contributed by atoms with van der Waals surface area (Å²) >= 11 is 0. The van der Waals surface area contributed by atoms with Gasteiger partial charge in [0, 0.05) is 42.6 Å². The molecule has 1 saturated heterocycles. The van der Waals surface area contributed by atoms with Gasteiger partial charge in [-0.2, -0.15) is 0 Å². The number of aromatic amines is 1. The molecule has 41 heavy (non-hydrogen) atoms. The molecule has 1 unspecified atom stereocenters. The maximum atomic E-state index is 13.5. The van der Waals surface area contributed by atoms with Gasteiger partial charge in [-0.25, -0.2) is 4.99 Å². The largest absolute Gasteiger partial charge is 0.496 e. The van der Waals surface area contributed by atoms with Crippen LogP contribution in [0.4, 0.5) is 5.82 Å². The molecular weight excluding hydrogens is 518 g/mol. The number of anilines is 1. The Morgan fingerprint density at radius 2 is 1.90 bits per heavy atom. The van der Waals surface area contributed by atoms with Gasteiger partial charge < -0.3 is 34.7 Å². The van der Waals surface area contributed by atoms with Crippen molar-refractivity contribution in [1.29, 1.82) is 0 Å². The first-order chi connectivity index (χ1) is 19.8. The number of nitrogens with one attached hydrogen (secondary N) is 3. The lowest BCUT2D eigenvalue weighted by molar-refractivity contribution is -0.133. The average molecular weight is 556 g/mol. The molecular formula is C31H37N7O3. The summed E-state index contributed by atoms with van der Waals surface area (Å²) in [4.78, 5) is 26.2. The standard InChI is InChI=1S/C31H37N7O3/c1-18-28(19(2)41-36-18)23-15-25-22(16-26(23)40-5)29-30(32-20(3)33-31(29)35-25)34-24(21-9-7-6-8-10-21)17-27(39)38-13-11-37(4)12-14-38/h6-10,15-16,20,24,33,35H,11-14,17H2,1-5H3,(H,32,34)/t20?,24-/m1/s1. The van der Waals surface area contributed by atoms with E-state index in [0.717, 1.165) is 88.2 Å². The minimum atomic E-state index is -0.242. The molecule has 2 aliphatic heterocycles. The summed E-state index contributed by atoms with van der Waals surface area (Å²) in [6.07, 6.45) is 0.179. The Hall–Kier alpha value is -4.31. The molecule has 2 aromatic heterocycles. The highest BCUT2D eigenvalue weighted by molar-refractivity contribution is 6.16. The van der Waals surface area contributed by atoms with Crippen molar-refractivity contribution in [2.45, 2.75) is 39.4 Å². The Bertz CT molecular complexity index is 1580. The van der Waals surface area contributed by atoms with Crippen LogP contribution in [0, 0.1) is 13.8 Å². The molecule has 0 saturated carbocycles. The third-order valence-corrected chi connectivity index (χ3v) is 8.08. The molecule has 6 rings (SSSR count). The molecule has 3 N–H and O–H groups in total. The van der Waals surface area contributed by atoms with Crippen molar-refractivity contribution in [3.8, 4) is 16.9 Å². The molecule has 2 atom stereocenters. The SMILES string of the molecule is COc1cc2c3c([nH]c2cc1-c1c(C)noc1C)NC(C)N=C3N[C@H](CC(=O)N1CCN(C)CC1)c1ccccc1. The number of ether oxygens (including phenoxy) is 1. The van der Waals surface area contributed by atoms with E-state index in [1.807, 2.05) is 49.9 Å². The van der Waals surface area contributed by atoms with E-state index >= 15 is 0 Å².